The van der Waals surface area contributed by atoms with E-state index >= 15 is 0 Å². The molecule has 0 rings (SSSR count). The molecule has 2 N–H and O–H groups in total. The first-order valence-electron chi connectivity index (χ1n) is 1.98. The first-order chi connectivity index (χ1) is 3.31. The van der Waals surface area contributed by atoms with Crippen molar-refractivity contribution >= 4 is 15.9 Å². The second kappa shape index (κ2) is 4.09. The van der Waals surface area contributed by atoms with Crippen LogP contribution in [0, 0.1) is 0 Å². The summed E-state index contributed by atoms with van der Waals surface area (Å²) in [6.45, 7) is 4.03. The minimum Gasteiger partial charge on any atom is -0.326 e. The second-order valence-electron chi connectivity index (χ2n) is 1.05. The van der Waals surface area contributed by atoms with E-state index in [2.05, 4.69) is 22.5 Å². The fraction of sp³-hybridized carbons (Fsp3) is 0.200. The fourth-order valence-corrected chi connectivity index (χ4v) is 0.383. The summed E-state index contributed by atoms with van der Waals surface area (Å²) in [4.78, 5) is 0. The van der Waals surface area contributed by atoms with Crippen molar-refractivity contribution in [2.24, 2.45) is 5.73 Å². The van der Waals surface area contributed by atoms with Crippen molar-refractivity contribution < 1.29 is 0 Å². The maximum Gasteiger partial charge on any atom is 0.0245 e. The number of rotatable bonds is 2. The van der Waals surface area contributed by atoms with Crippen molar-refractivity contribution in [2.75, 3.05) is 6.54 Å². The van der Waals surface area contributed by atoms with E-state index < -0.39 is 0 Å². The van der Waals surface area contributed by atoms with Crippen LogP contribution in [0.5, 0.6) is 0 Å². The van der Waals surface area contributed by atoms with Crippen LogP contribution in [0.4, 0.5) is 0 Å². The molecule has 2 heteroatoms. The predicted molar refractivity (Wildman–Crippen MR) is 36.3 cm³/mol. The fourth-order valence-electron chi connectivity index (χ4n) is 0.196. The van der Waals surface area contributed by atoms with Gasteiger partial charge in [0.25, 0.3) is 0 Å². The van der Waals surface area contributed by atoms with Crippen molar-refractivity contribution in [3.05, 3.63) is 23.2 Å². The van der Waals surface area contributed by atoms with Crippen molar-refractivity contribution in [1.82, 2.24) is 0 Å². The van der Waals surface area contributed by atoms with Gasteiger partial charge in [0, 0.05) is 11.0 Å². The summed E-state index contributed by atoms with van der Waals surface area (Å²) in [5.41, 5.74) is 5.20. The molecule has 0 spiro atoms. The molecule has 0 aliphatic carbocycles. The summed E-state index contributed by atoms with van der Waals surface area (Å²) in [5.74, 6) is 0. The molecule has 1 nitrogen and oxygen atoms in total. The largest absolute Gasteiger partial charge is 0.326 e. The molecule has 0 bridgehead atoms. The highest BCUT2D eigenvalue weighted by atomic mass is 79.9. The van der Waals surface area contributed by atoms with Gasteiger partial charge in [0.15, 0.2) is 0 Å². The first kappa shape index (κ1) is 6.92. The van der Waals surface area contributed by atoms with E-state index in [1.54, 1.807) is 6.08 Å². The van der Waals surface area contributed by atoms with Gasteiger partial charge in [-0.3, -0.25) is 0 Å². The molecule has 40 valence electrons. The van der Waals surface area contributed by atoms with Gasteiger partial charge in [-0.25, -0.2) is 0 Å². The SMILES string of the molecule is C=C/C=C(/Br)CN. The molecule has 0 radical (unpaired) electrons. The van der Waals surface area contributed by atoms with Crippen LogP contribution >= 0.6 is 15.9 Å². The molecule has 0 aliphatic heterocycles. The van der Waals surface area contributed by atoms with Crippen molar-refractivity contribution in [1.29, 1.82) is 0 Å². The standard InChI is InChI=1S/C5H8BrN/c1-2-3-5(6)4-7/h2-3H,1,4,7H2/b5-3+. The van der Waals surface area contributed by atoms with Gasteiger partial charge >= 0.3 is 0 Å². The molecule has 0 aromatic carbocycles. The molecule has 0 aliphatic rings. The summed E-state index contributed by atoms with van der Waals surface area (Å²) in [6.07, 6.45) is 3.51. The molecule has 0 fully saturated rings. The first-order valence-corrected chi connectivity index (χ1v) is 2.77. The summed E-state index contributed by atoms with van der Waals surface area (Å²) < 4.78 is 0.975. The number of hydrogen-bond donors (Lipinski definition) is 1. The summed E-state index contributed by atoms with van der Waals surface area (Å²) in [7, 11) is 0. The molecule has 0 saturated heterocycles. The maximum absolute atomic E-state index is 5.20. The predicted octanol–water partition coefficient (Wildman–Crippen LogP) is 1.41. The average Bonchev–Trinajstić information content (AvgIpc) is 1.68. The minimum atomic E-state index is 0.548. The zero-order chi connectivity index (χ0) is 5.70. The molecule has 0 aromatic rings. The third-order valence-electron chi connectivity index (χ3n) is 0.494. The van der Waals surface area contributed by atoms with Crippen molar-refractivity contribution in [3.63, 3.8) is 0 Å². The minimum absolute atomic E-state index is 0.548. The topological polar surface area (TPSA) is 26.0 Å². The molecule has 7 heavy (non-hydrogen) atoms. The Balaban J connectivity index is 3.49. The highest BCUT2D eigenvalue weighted by Crippen LogP contribution is 1.99. The van der Waals surface area contributed by atoms with Gasteiger partial charge in [0.05, 0.1) is 0 Å². The molecular weight excluding hydrogens is 154 g/mol. The quantitative estimate of drug-likeness (QED) is 0.610. The smallest absolute Gasteiger partial charge is 0.0245 e. The Hall–Kier alpha value is -0.0800. The van der Waals surface area contributed by atoms with Crippen LogP contribution < -0.4 is 5.73 Å². The molecule has 0 aromatic heterocycles. The lowest BCUT2D eigenvalue weighted by molar-refractivity contribution is 1.24. The van der Waals surface area contributed by atoms with Gasteiger partial charge in [0.1, 0.15) is 0 Å². The van der Waals surface area contributed by atoms with E-state index in [9.17, 15) is 0 Å². The summed E-state index contributed by atoms with van der Waals surface area (Å²) in [6, 6.07) is 0. The van der Waals surface area contributed by atoms with Crippen LogP contribution in [-0.2, 0) is 0 Å². The van der Waals surface area contributed by atoms with Gasteiger partial charge in [-0.05, 0) is 0 Å². The Morgan fingerprint density at radius 2 is 2.43 bits per heavy atom. The molecule has 0 amide bonds. The van der Waals surface area contributed by atoms with Crippen molar-refractivity contribution in [3.8, 4) is 0 Å². The molecule has 0 unspecified atom stereocenters. The third-order valence-corrected chi connectivity index (χ3v) is 1.08. The Kier molecular flexibility index (Phi) is 4.04. The lowest BCUT2D eigenvalue weighted by atomic mass is 10.5. The van der Waals surface area contributed by atoms with Crippen LogP contribution in [0.25, 0.3) is 0 Å². The van der Waals surface area contributed by atoms with E-state index in [0.29, 0.717) is 6.54 Å². The summed E-state index contributed by atoms with van der Waals surface area (Å²) in [5, 5.41) is 0. The highest BCUT2D eigenvalue weighted by molar-refractivity contribution is 9.11. The van der Waals surface area contributed by atoms with Crippen LogP contribution in [0.2, 0.25) is 0 Å². The summed E-state index contributed by atoms with van der Waals surface area (Å²) >= 11 is 3.20. The number of halogens is 1. The van der Waals surface area contributed by atoms with Gasteiger partial charge < -0.3 is 5.73 Å². The molecule has 0 saturated carbocycles. The normalized spacial score (nSPS) is 11.4. The van der Waals surface area contributed by atoms with Crippen molar-refractivity contribution in [2.45, 2.75) is 0 Å². The zero-order valence-corrected chi connectivity index (χ0v) is 5.61. The second-order valence-corrected chi connectivity index (χ2v) is 2.07. The van der Waals surface area contributed by atoms with E-state index in [1.165, 1.54) is 0 Å². The van der Waals surface area contributed by atoms with Crippen LogP contribution in [0.3, 0.4) is 0 Å². The zero-order valence-electron chi connectivity index (χ0n) is 4.02. The third kappa shape index (κ3) is 3.76. The van der Waals surface area contributed by atoms with Gasteiger partial charge in [-0.15, -0.1) is 0 Å². The van der Waals surface area contributed by atoms with Crippen LogP contribution in [0.15, 0.2) is 23.2 Å². The number of hydrogen-bond acceptors (Lipinski definition) is 1. The Labute approximate surface area is 52.0 Å². The number of allylic oxidation sites excluding steroid dienone is 2. The number of nitrogens with two attached hydrogens (primary N) is 1. The Bertz CT molecular complexity index is 86.1. The Morgan fingerprint density at radius 1 is 1.86 bits per heavy atom. The maximum atomic E-state index is 5.20. The highest BCUT2D eigenvalue weighted by Gasteiger charge is 1.77. The molecular formula is C5H8BrN. The average molecular weight is 162 g/mol. The van der Waals surface area contributed by atoms with E-state index in [1.807, 2.05) is 6.08 Å². The lowest BCUT2D eigenvalue weighted by Gasteiger charge is -1.84. The van der Waals surface area contributed by atoms with Gasteiger partial charge in [0.2, 0.25) is 0 Å². The van der Waals surface area contributed by atoms with E-state index in [-0.39, 0.29) is 0 Å². The monoisotopic (exact) mass is 161 g/mol. The van der Waals surface area contributed by atoms with E-state index in [4.69, 9.17) is 5.73 Å². The van der Waals surface area contributed by atoms with Gasteiger partial charge in [-0.1, -0.05) is 34.7 Å². The van der Waals surface area contributed by atoms with Crippen LogP contribution in [-0.4, -0.2) is 6.54 Å². The Morgan fingerprint density at radius 3 is 2.57 bits per heavy atom. The van der Waals surface area contributed by atoms with Gasteiger partial charge in [-0.2, -0.15) is 0 Å². The van der Waals surface area contributed by atoms with Crippen LogP contribution in [0.1, 0.15) is 0 Å². The van der Waals surface area contributed by atoms with E-state index in [0.717, 1.165) is 4.48 Å². The molecule has 0 atom stereocenters. The lowest BCUT2D eigenvalue weighted by Crippen LogP contribution is -1.96. The molecule has 0 heterocycles.